The van der Waals surface area contributed by atoms with Crippen molar-refractivity contribution in [2.45, 2.75) is 25.2 Å². The molecule has 0 aromatic carbocycles. The van der Waals surface area contributed by atoms with Crippen LogP contribution in [0, 0.1) is 6.92 Å². The molecule has 2 heterocycles. The predicted octanol–water partition coefficient (Wildman–Crippen LogP) is 0.237. The summed E-state index contributed by atoms with van der Waals surface area (Å²) in [6.07, 6.45) is 6.27. The second-order valence-corrected chi connectivity index (χ2v) is 4.56. The highest BCUT2D eigenvalue weighted by Crippen LogP contribution is 2.31. The van der Waals surface area contributed by atoms with Crippen LogP contribution < -0.4 is 11.2 Å². The molecule has 19 heavy (non-hydrogen) atoms. The monoisotopic (exact) mass is 264 g/mol. The van der Waals surface area contributed by atoms with Crippen molar-refractivity contribution in [2.75, 3.05) is 6.61 Å². The normalized spacial score (nSPS) is 25.7. The lowest BCUT2D eigenvalue weighted by molar-refractivity contribution is -0.0821. The molecule has 1 aliphatic heterocycles. The third-order valence-electron chi connectivity index (χ3n) is 3.10. The van der Waals surface area contributed by atoms with E-state index in [0.29, 0.717) is 12.0 Å². The van der Waals surface area contributed by atoms with E-state index in [9.17, 15) is 14.7 Å². The van der Waals surface area contributed by atoms with Crippen molar-refractivity contribution in [3.8, 4) is 0 Å². The molecule has 0 radical (unpaired) electrons. The average Bonchev–Trinajstić information content (AvgIpc) is 2.79. The minimum atomic E-state index is -0.851. The fourth-order valence-electron chi connectivity index (χ4n) is 2.02. The number of nitrogens with one attached hydrogen (secondary N) is 1. The number of ether oxygens (including phenoxy) is 1. The highest BCUT2D eigenvalue weighted by molar-refractivity contribution is 5.14. The van der Waals surface area contributed by atoms with Gasteiger partial charge in [-0.2, -0.15) is 0 Å². The molecule has 0 spiro atoms. The number of aliphatic hydroxyl groups is 1. The summed E-state index contributed by atoms with van der Waals surface area (Å²) in [7, 11) is 0. The number of rotatable bonds is 4. The Balaban J connectivity index is 2.34. The van der Waals surface area contributed by atoms with Crippen LogP contribution in [0.4, 0.5) is 0 Å². The van der Waals surface area contributed by atoms with E-state index in [2.05, 4.69) is 11.6 Å². The molecule has 0 unspecified atom stereocenters. The third-order valence-corrected chi connectivity index (χ3v) is 3.10. The zero-order valence-electron chi connectivity index (χ0n) is 10.6. The molecule has 1 aromatic rings. The van der Waals surface area contributed by atoms with Gasteiger partial charge in [0.2, 0.25) is 0 Å². The second kappa shape index (κ2) is 4.99. The molecule has 0 fully saturated rings. The number of nitrogens with zero attached hydrogens (tertiary/aromatic N) is 1. The minimum absolute atomic E-state index is 0.205. The average molecular weight is 264 g/mol. The fourth-order valence-corrected chi connectivity index (χ4v) is 2.02. The third kappa shape index (κ3) is 2.45. The first kappa shape index (κ1) is 13.5. The number of H-pyrrole nitrogens is 1. The van der Waals surface area contributed by atoms with Crippen molar-refractivity contribution in [1.29, 1.82) is 0 Å². The molecule has 6 nitrogen and oxygen atoms in total. The maximum atomic E-state index is 11.7. The van der Waals surface area contributed by atoms with Crippen LogP contribution in [0.1, 0.15) is 18.2 Å². The summed E-state index contributed by atoms with van der Waals surface area (Å²) in [6.45, 7) is 5.02. The maximum absolute atomic E-state index is 11.7. The Hall–Kier alpha value is -1.92. The van der Waals surface area contributed by atoms with Gasteiger partial charge in [-0.1, -0.05) is 6.08 Å². The maximum Gasteiger partial charge on any atom is 0.330 e. The predicted molar refractivity (Wildman–Crippen MR) is 70.0 cm³/mol. The first-order valence-electron chi connectivity index (χ1n) is 5.92. The van der Waals surface area contributed by atoms with E-state index < -0.39 is 23.1 Å². The summed E-state index contributed by atoms with van der Waals surface area (Å²) in [5.74, 6) is 0. The molecule has 2 atom stereocenters. The Bertz CT molecular complexity index is 628. The van der Waals surface area contributed by atoms with Gasteiger partial charge in [0.15, 0.2) is 6.23 Å². The molecule has 1 aliphatic rings. The zero-order chi connectivity index (χ0) is 14.0. The van der Waals surface area contributed by atoms with Crippen molar-refractivity contribution in [3.63, 3.8) is 0 Å². The van der Waals surface area contributed by atoms with Crippen molar-refractivity contribution >= 4 is 0 Å². The van der Waals surface area contributed by atoms with Crippen molar-refractivity contribution in [2.24, 2.45) is 0 Å². The zero-order valence-corrected chi connectivity index (χ0v) is 10.6. The molecular formula is C13H16N2O4. The van der Waals surface area contributed by atoms with Gasteiger partial charge in [0.1, 0.15) is 5.60 Å². The van der Waals surface area contributed by atoms with E-state index in [1.54, 1.807) is 25.2 Å². The molecule has 2 rings (SSSR count). The molecule has 0 saturated heterocycles. The Labute approximate surface area is 109 Å². The second-order valence-electron chi connectivity index (χ2n) is 4.56. The van der Waals surface area contributed by atoms with E-state index in [4.69, 9.17) is 4.74 Å². The van der Waals surface area contributed by atoms with Gasteiger partial charge >= 0.3 is 5.69 Å². The first-order valence-corrected chi connectivity index (χ1v) is 5.92. The number of hydrogen-bond acceptors (Lipinski definition) is 4. The molecule has 0 bridgehead atoms. The number of aromatic nitrogens is 2. The highest BCUT2D eigenvalue weighted by Gasteiger charge is 2.35. The van der Waals surface area contributed by atoms with E-state index in [1.807, 2.05) is 0 Å². The molecule has 0 amide bonds. The summed E-state index contributed by atoms with van der Waals surface area (Å²) in [5.41, 5.74) is -1.39. The van der Waals surface area contributed by atoms with Gasteiger partial charge in [-0.15, -0.1) is 6.58 Å². The quantitative estimate of drug-likeness (QED) is 0.763. The van der Waals surface area contributed by atoms with Gasteiger partial charge in [0.25, 0.3) is 5.56 Å². The number of aliphatic hydroxyl groups excluding tert-OH is 1. The van der Waals surface area contributed by atoms with E-state index in [1.165, 1.54) is 10.8 Å². The molecule has 0 aliphatic carbocycles. The van der Waals surface area contributed by atoms with Gasteiger partial charge in [-0.25, -0.2) is 4.79 Å². The Morgan fingerprint density at radius 1 is 1.63 bits per heavy atom. The van der Waals surface area contributed by atoms with Crippen LogP contribution in [-0.4, -0.2) is 26.9 Å². The lowest BCUT2D eigenvalue weighted by Crippen LogP contribution is -2.37. The Morgan fingerprint density at radius 2 is 2.37 bits per heavy atom. The van der Waals surface area contributed by atoms with Crippen LogP contribution in [0.2, 0.25) is 0 Å². The smallest absolute Gasteiger partial charge is 0.330 e. The first-order chi connectivity index (χ1) is 9.01. The van der Waals surface area contributed by atoms with Crippen LogP contribution in [0.25, 0.3) is 0 Å². The van der Waals surface area contributed by atoms with Crippen molar-refractivity contribution < 1.29 is 9.84 Å². The lowest BCUT2D eigenvalue weighted by atomic mass is 10.0. The van der Waals surface area contributed by atoms with Gasteiger partial charge in [-0.05, 0) is 19.1 Å². The van der Waals surface area contributed by atoms with Crippen LogP contribution >= 0.6 is 0 Å². The summed E-state index contributed by atoms with van der Waals surface area (Å²) in [4.78, 5) is 25.3. The van der Waals surface area contributed by atoms with Crippen LogP contribution in [0.5, 0.6) is 0 Å². The molecule has 0 saturated carbocycles. The topological polar surface area (TPSA) is 84.3 Å². The van der Waals surface area contributed by atoms with Crippen LogP contribution in [0.15, 0.2) is 40.6 Å². The van der Waals surface area contributed by atoms with E-state index >= 15 is 0 Å². The van der Waals surface area contributed by atoms with Crippen LogP contribution in [0.3, 0.4) is 0 Å². The van der Waals surface area contributed by atoms with Crippen LogP contribution in [-0.2, 0) is 4.74 Å². The highest BCUT2D eigenvalue weighted by atomic mass is 16.5. The molecule has 6 heteroatoms. The van der Waals surface area contributed by atoms with Crippen molar-refractivity contribution in [1.82, 2.24) is 9.55 Å². The summed E-state index contributed by atoms with van der Waals surface area (Å²) in [6, 6.07) is 0. The van der Waals surface area contributed by atoms with Gasteiger partial charge in [0, 0.05) is 18.2 Å². The van der Waals surface area contributed by atoms with Gasteiger partial charge in [-0.3, -0.25) is 14.3 Å². The Morgan fingerprint density at radius 3 is 3.00 bits per heavy atom. The largest absolute Gasteiger partial charge is 0.393 e. The molecule has 2 N–H and O–H groups in total. The molecule has 1 aromatic heterocycles. The van der Waals surface area contributed by atoms with Crippen molar-refractivity contribution in [3.05, 3.63) is 57.4 Å². The standard InChI is InChI=1S/C13H16N2O4/c1-3-5-13(8-16)6-4-10(19-13)15-7-9(2)11(17)14-12(15)18/h3-4,6-7,10,16H,1,5,8H2,2H3,(H,14,17,18)/t10-,13+/m1/s1. The lowest BCUT2D eigenvalue weighted by Gasteiger charge is -2.26. The van der Waals surface area contributed by atoms with E-state index in [-0.39, 0.29) is 6.61 Å². The van der Waals surface area contributed by atoms with Gasteiger partial charge in [0.05, 0.1) is 6.61 Å². The number of aryl methyl sites for hydroxylation is 1. The fraction of sp³-hybridized carbons (Fsp3) is 0.385. The molecule has 102 valence electrons. The Kier molecular flexibility index (Phi) is 3.55. The SMILES string of the molecule is C=CC[C@@]1(CO)C=C[C@H](n2cc(C)c(=O)[nH]c2=O)O1. The molecular weight excluding hydrogens is 248 g/mol. The number of aromatic amines is 1. The van der Waals surface area contributed by atoms with E-state index in [0.717, 1.165) is 0 Å². The number of hydrogen-bond donors (Lipinski definition) is 2. The minimum Gasteiger partial charge on any atom is -0.393 e. The summed E-state index contributed by atoms with van der Waals surface area (Å²) in [5, 5.41) is 9.41. The van der Waals surface area contributed by atoms with Gasteiger partial charge < -0.3 is 9.84 Å². The summed E-state index contributed by atoms with van der Waals surface area (Å²) >= 11 is 0. The summed E-state index contributed by atoms with van der Waals surface area (Å²) < 4.78 is 6.99.